The van der Waals surface area contributed by atoms with Gasteiger partial charge in [0.05, 0.1) is 0 Å². The van der Waals surface area contributed by atoms with E-state index >= 15 is 0 Å². The van der Waals surface area contributed by atoms with Crippen LogP contribution in [0.4, 0.5) is 0 Å². The third-order valence-corrected chi connectivity index (χ3v) is 3.52. The van der Waals surface area contributed by atoms with Crippen molar-refractivity contribution in [2.75, 3.05) is 6.61 Å². The highest BCUT2D eigenvalue weighted by Crippen LogP contribution is 2.48. The molecule has 3 heteroatoms. The molecule has 86 valence electrons. The van der Waals surface area contributed by atoms with Gasteiger partial charge in [-0.05, 0) is 24.1 Å². The Kier molecular flexibility index (Phi) is 2.11. The molecule has 1 unspecified atom stereocenters. The van der Waals surface area contributed by atoms with Crippen molar-refractivity contribution in [3.63, 3.8) is 0 Å². The van der Waals surface area contributed by atoms with Crippen LogP contribution in [0.3, 0.4) is 0 Å². The van der Waals surface area contributed by atoms with Gasteiger partial charge in [0, 0.05) is 25.4 Å². The molecular weight excluding hydrogens is 204 g/mol. The van der Waals surface area contributed by atoms with Gasteiger partial charge < -0.3 is 14.6 Å². The van der Waals surface area contributed by atoms with Crippen LogP contribution in [-0.2, 0) is 0 Å². The summed E-state index contributed by atoms with van der Waals surface area (Å²) in [5.41, 5.74) is 1.10. The van der Waals surface area contributed by atoms with E-state index in [2.05, 4.69) is 0 Å². The molecule has 1 aliphatic heterocycles. The molecule has 0 bridgehead atoms. The van der Waals surface area contributed by atoms with Gasteiger partial charge in [0.15, 0.2) is 11.5 Å². The number of ether oxygens (including phenoxy) is 2. The van der Waals surface area contributed by atoms with Gasteiger partial charge in [-0.3, -0.25) is 0 Å². The van der Waals surface area contributed by atoms with E-state index in [1.807, 2.05) is 25.1 Å². The van der Waals surface area contributed by atoms with Gasteiger partial charge in [-0.1, -0.05) is 13.0 Å². The van der Waals surface area contributed by atoms with Crippen molar-refractivity contribution in [2.24, 2.45) is 0 Å². The Morgan fingerprint density at radius 2 is 2.06 bits per heavy atom. The maximum Gasteiger partial charge on any atom is 0.251 e. The number of aliphatic hydroxyl groups is 1. The van der Waals surface area contributed by atoms with Crippen molar-refractivity contribution < 1.29 is 14.6 Å². The van der Waals surface area contributed by atoms with Gasteiger partial charge >= 0.3 is 0 Å². The molecular formula is C13H16O3. The summed E-state index contributed by atoms with van der Waals surface area (Å²) in [5, 5.41) is 9.12. The Labute approximate surface area is 95.0 Å². The summed E-state index contributed by atoms with van der Waals surface area (Å²) in [5.74, 6) is 1.46. The van der Waals surface area contributed by atoms with Crippen molar-refractivity contribution in [2.45, 2.75) is 37.9 Å². The number of hydrogen-bond acceptors (Lipinski definition) is 3. The molecule has 2 aliphatic rings. The van der Waals surface area contributed by atoms with E-state index in [9.17, 15) is 0 Å². The van der Waals surface area contributed by atoms with Gasteiger partial charge in [0.1, 0.15) is 0 Å². The summed E-state index contributed by atoms with van der Waals surface area (Å²) in [6.07, 6.45) is 3.13. The van der Waals surface area contributed by atoms with Gasteiger partial charge in [0.25, 0.3) is 5.79 Å². The van der Waals surface area contributed by atoms with E-state index in [0.29, 0.717) is 0 Å². The Morgan fingerprint density at radius 3 is 2.69 bits per heavy atom. The summed E-state index contributed by atoms with van der Waals surface area (Å²) in [6, 6.07) is 5.94. The zero-order chi connectivity index (χ0) is 11.2. The van der Waals surface area contributed by atoms with E-state index in [1.54, 1.807) is 0 Å². The fourth-order valence-corrected chi connectivity index (χ4v) is 2.19. The van der Waals surface area contributed by atoms with Crippen LogP contribution in [-0.4, -0.2) is 17.5 Å². The zero-order valence-electron chi connectivity index (χ0n) is 9.40. The molecule has 0 amide bonds. The normalized spacial score (nSPS) is 21.9. The van der Waals surface area contributed by atoms with E-state index in [4.69, 9.17) is 14.6 Å². The lowest BCUT2D eigenvalue weighted by Crippen LogP contribution is -2.45. The Morgan fingerprint density at radius 1 is 1.31 bits per heavy atom. The molecule has 1 heterocycles. The number of aliphatic hydroxyl groups excluding tert-OH is 1. The molecule has 1 spiro atoms. The van der Waals surface area contributed by atoms with Crippen LogP contribution in [0.1, 0.15) is 37.7 Å². The van der Waals surface area contributed by atoms with Crippen LogP contribution in [0.15, 0.2) is 18.2 Å². The lowest BCUT2D eigenvalue weighted by Gasteiger charge is -2.35. The molecule has 1 aromatic rings. The molecule has 1 atom stereocenters. The first-order valence-electron chi connectivity index (χ1n) is 5.85. The zero-order valence-corrected chi connectivity index (χ0v) is 9.40. The molecule has 3 nitrogen and oxygen atoms in total. The summed E-state index contributed by atoms with van der Waals surface area (Å²) >= 11 is 0. The maximum absolute atomic E-state index is 9.12. The van der Waals surface area contributed by atoms with E-state index in [1.165, 1.54) is 6.42 Å². The smallest absolute Gasteiger partial charge is 0.251 e. The minimum atomic E-state index is -0.358. The highest BCUT2D eigenvalue weighted by molar-refractivity contribution is 5.47. The molecule has 1 saturated carbocycles. The molecule has 0 radical (unpaired) electrons. The van der Waals surface area contributed by atoms with E-state index < -0.39 is 0 Å². The summed E-state index contributed by atoms with van der Waals surface area (Å²) < 4.78 is 11.7. The molecule has 1 N–H and O–H groups in total. The second-order valence-electron chi connectivity index (χ2n) is 4.76. The van der Waals surface area contributed by atoms with Crippen molar-refractivity contribution in [1.29, 1.82) is 0 Å². The lowest BCUT2D eigenvalue weighted by atomic mass is 9.91. The van der Waals surface area contributed by atoms with Crippen LogP contribution >= 0.6 is 0 Å². The number of hydrogen-bond donors (Lipinski definition) is 1. The Bertz CT molecular complexity index is 410. The number of fused-ring (bicyclic) bond motifs is 1. The topological polar surface area (TPSA) is 38.7 Å². The summed E-state index contributed by atoms with van der Waals surface area (Å²) in [6.45, 7) is 2.15. The van der Waals surface area contributed by atoms with Crippen molar-refractivity contribution >= 4 is 0 Å². The number of benzene rings is 1. The SMILES string of the molecule is CC(CO)c1ccc2c(c1)OC1(CCC1)O2. The summed E-state index contributed by atoms with van der Waals surface area (Å²) in [7, 11) is 0. The highest BCUT2D eigenvalue weighted by Gasteiger charge is 2.47. The fourth-order valence-electron chi connectivity index (χ4n) is 2.19. The van der Waals surface area contributed by atoms with E-state index in [0.717, 1.165) is 29.9 Å². The standard InChI is InChI=1S/C13H16O3/c1-9(8-14)10-3-4-11-12(7-10)16-13(15-11)5-2-6-13/h3-4,7,9,14H,2,5-6,8H2,1H3. The van der Waals surface area contributed by atoms with Crippen molar-refractivity contribution in [3.8, 4) is 11.5 Å². The van der Waals surface area contributed by atoms with Crippen LogP contribution < -0.4 is 9.47 Å². The third-order valence-electron chi connectivity index (χ3n) is 3.52. The van der Waals surface area contributed by atoms with Crippen LogP contribution in [0, 0.1) is 0 Å². The predicted octanol–water partition coefficient (Wildman–Crippen LogP) is 2.43. The molecule has 1 fully saturated rings. The largest absolute Gasteiger partial charge is 0.448 e. The molecule has 1 aliphatic carbocycles. The van der Waals surface area contributed by atoms with E-state index in [-0.39, 0.29) is 18.3 Å². The number of rotatable bonds is 2. The quantitative estimate of drug-likeness (QED) is 0.832. The minimum Gasteiger partial charge on any atom is -0.448 e. The summed E-state index contributed by atoms with van der Waals surface area (Å²) in [4.78, 5) is 0. The molecule has 0 aromatic heterocycles. The van der Waals surface area contributed by atoms with Crippen LogP contribution in [0.2, 0.25) is 0 Å². The van der Waals surface area contributed by atoms with Crippen molar-refractivity contribution in [1.82, 2.24) is 0 Å². The second kappa shape index (κ2) is 3.39. The van der Waals surface area contributed by atoms with Gasteiger partial charge in [0.2, 0.25) is 0 Å². The average Bonchev–Trinajstić information content (AvgIpc) is 2.66. The van der Waals surface area contributed by atoms with Crippen LogP contribution in [0.5, 0.6) is 11.5 Å². The third kappa shape index (κ3) is 1.39. The fraction of sp³-hybridized carbons (Fsp3) is 0.538. The lowest BCUT2D eigenvalue weighted by molar-refractivity contribution is -0.138. The monoisotopic (exact) mass is 220 g/mol. The average molecular weight is 220 g/mol. The minimum absolute atomic E-state index is 0.145. The molecule has 1 aromatic carbocycles. The molecule has 3 rings (SSSR count). The van der Waals surface area contributed by atoms with Gasteiger partial charge in [-0.25, -0.2) is 0 Å². The first-order chi connectivity index (χ1) is 7.72. The first kappa shape index (κ1) is 9.97. The maximum atomic E-state index is 9.12. The molecule has 0 saturated heterocycles. The highest BCUT2D eigenvalue weighted by atomic mass is 16.7. The predicted molar refractivity (Wildman–Crippen MR) is 59.8 cm³/mol. The van der Waals surface area contributed by atoms with Crippen molar-refractivity contribution in [3.05, 3.63) is 23.8 Å². The van der Waals surface area contributed by atoms with Gasteiger partial charge in [-0.2, -0.15) is 0 Å². The van der Waals surface area contributed by atoms with Crippen LogP contribution in [0.25, 0.3) is 0 Å². The first-order valence-corrected chi connectivity index (χ1v) is 5.85. The molecule has 16 heavy (non-hydrogen) atoms. The second-order valence-corrected chi connectivity index (χ2v) is 4.76. The Balaban J connectivity index is 1.88. The Hall–Kier alpha value is -1.22. The van der Waals surface area contributed by atoms with Gasteiger partial charge in [-0.15, -0.1) is 0 Å².